The van der Waals surface area contributed by atoms with Crippen LogP contribution in [0.25, 0.3) is 0 Å². The fraction of sp³-hybridized carbons (Fsp3) is 0.480. The average Bonchev–Trinajstić information content (AvgIpc) is 3.34. The van der Waals surface area contributed by atoms with Gasteiger partial charge in [0, 0.05) is 30.9 Å². The zero-order chi connectivity index (χ0) is 24.1. The Hall–Kier alpha value is -2.68. The maximum Gasteiger partial charge on any atom is 0.417 e. The van der Waals surface area contributed by atoms with Crippen molar-refractivity contribution < 1.29 is 22.8 Å². The van der Waals surface area contributed by atoms with Gasteiger partial charge in [-0.15, -0.1) is 11.3 Å². The first-order valence-corrected chi connectivity index (χ1v) is 12.6. The van der Waals surface area contributed by atoms with E-state index >= 15 is 0 Å². The molecule has 0 radical (unpaired) electrons. The van der Waals surface area contributed by atoms with Gasteiger partial charge in [0.2, 0.25) is 0 Å². The second kappa shape index (κ2) is 10.7. The summed E-state index contributed by atoms with van der Waals surface area (Å²) in [7, 11) is 0. The topological polar surface area (TPSA) is 62.3 Å². The van der Waals surface area contributed by atoms with E-state index in [9.17, 15) is 22.8 Å². The van der Waals surface area contributed by atoms with Gasteiger partial charge in [-0.3, -0.25) is 9.59 Å². The van der Waals surface area contributed by atoms with E-state index in [1.807, 2.05) is 0 Å². The second-order valence-electron chi connectivity index (χ2n) is 8.79. The number of hydrogen-bond acceptors (Lipinski definition) is 4. The predicted molar refractivity (Wildman–Crippen MR) is 125 cm³/mol. The maximum absolute atomic E-state index is 13.3. The van der Waals surface area contributed by atoms with Gasteiger partial charge in [0.15, 0.2) is 0 Å². The summed E-state index contributed by atoms with van der Waals surface area (Å²) < 4.78 is 39.9. The SMILES string of the molecule is O=C(NCCC1=CCCCC1)c1csc(C2CCN(C(=O)c3ccccc3C(F)(F)F)CC2)n1. The van der Waals surface area contributed by atoms with Crippen LogP contribution in [0.1, 0.15) is 82.3 Å². The monoisotopic (exact) mass is 491 g/mol. The highest BCUT2D eigenvalue weighted by molar-refractivity contribution is 7.09. The molecule has 4 rings (SSSR count). The van der Waals surface area contributed by atoms with Crippen LogP contribution in [0.5, 0.6) is 0 Å². The Bertz CT molecular complexity index is 1060. The standard InChI is InChI=1S/C25H28F3N3O2S/c26-25(27,28)20-9-5-4-8-19(20)24(33)31-14-11-18(12-15-31)23-30-21(16-34-23)22(32)29-13-10-17-6-2-1-3-7-17/h4-6,8-9,16,18H,1-3,7,10-15H2,(H,29,32). The lowest BCUT2D eigenvalue weighted by Crippen LogP contribution is -2.38. The molecule has 34 heavy (non-hydrogen) atoms. The lowest BCUT2D eigenvalue weighted by atomic mass is 9.96. The molecule has 1 N–H and O–H groups in total. The van der Waals surface area contributed by atoms with Crippen molar-refractivity contribution in [1.82, 2.24) is 15.2 Å². The molecular weight excluding hydrogens is 463 g/mol. The molecule has 0 unspecified atom stereocenters. The van der Waals surface area contributed by atoms with Crippen LogP contribution in [0.15, 0.2) is 41.3 Å². The molecule has 1 aromatic carbocycles. The molecule has 2 heterocycles. The van der Waals surface area contributed by atoms with Crippen molar-refractivity contribution in [1.29, 1.82) is 0 Å². The van der Waals surface area contributed by atoms with Crippen LogP contribution in [0.2, 0.25) is 0 Å². The number of allylic oxidation sites excluding steroid dienone is 1. The summed E-state index contributed by atoms with van der Waals surface area (Å²) in [6, 6.07) is 4.90. The van der Waals surface area contributed by atoms with Gasteiger partial charge in [0.1, 0.15) is 5.69 Å². The number of alkyl halides is 3. The molecule has 1 aliphatic heterocycles. The number of piperidine rings is 1. The fourth-order valence-corrected chi connectivity index (χ4v) is 5.53. The van der Waals surface area contributed by atoms with Gasteiger partial charge in [-0.25, -0.2) is 4.98 Å². The number of carbonyl (C=O) groups excluding carboxylic acids is 2. The van der Waals surface area contributed by atoms with E-state index in [-0.39, 0.29) is 17.4 Å². The lowest BCUT2D eigenvalue weighted by Gasteiger charge is -2.31. The Labute approximate surface area is 201 Å². The van der Waals surface area contributed by atoms with Crippen molar-refractivity contribution in [2.45, 2.75) is 57.0 Å². The summed E-state index contributed by atoms with van der Waals surface area (Å²) in [5.74, 6) is -0.699. The molecule has 2 amide bonds. The first-order chi connectivity index (χ1) is 16.3. The summed E-state index contributed by atoms with van der Waals surface area (Å²) in [6.07, 6.45) is 4.46. The molecule has 2 aromatic rings. The minimum absolute atomic E-state index is 0.0841. The largest absolute Gasteiger partial charge is 0.417 e. The molecule has 0 spiro atoms. The highest BCUT2D eigenvalue weighted by Gasteiger charge is 2.36. The second-order valence-corrected chi connectivity index (χ2v) is 9.68. The van der Waals surface area contributed by atoms with E-state index < -0.39 is 17.6 Å². The van der Waals surface area contributed by atoms with Gasteiger partial charge in [0.05, 0.1) is 16.1 Å². The van der Waals surface area contributed by atoms with E-state index in [4.69, 9.17) is 0 Å². The summed E-state index contributed by atoms with van der Waals surface area (Å²) in [4.78, 5) is 31.2. The van der Waals surface area contributed by atoms with E-state index in [1.54, 1.807) is 5.38 Å². The number of nitrogens with one attached hydrogen (secondary N) is 1. The summed E-state index contributed by atoms with van der Waals surface area (Å²) in [5.41, 5.74) is 0.586. The zero-order valence-corrected chi connectivity index (χ0v) is 19.7. The molecule has 1 saturated heterocycles. The zero-order valence-electron chi connectivity index (χ0n) is 18.9. The molecule has 9 heteroatoms. The van der Waals surface area contributed by atoms with Gasteiger partial charge in [-0.1, -0.05) is 23.8 Å². The lowest BCUT2D eigenvalue weighted by molar-refractivity contribution is -0.138. The van der Waals surface area contributed by atoms with E-state index in [0.717, 1.165) is 30.3 Å². The number of hydrogen-bond donors (Lipinski definition) is 1. The number of likely N-dealkylation sites (tertiary alicyclic amines) is 1. The molecular formula is C25H28F3N3O2S. The molecule has 5 nitrogen and oxygen atoms in total. The number of amides is 2. The minimum atomic E-state index is -4.57. The molecule has 1 fully saturated rings. The quantitative estimate of drug-likeness (QED) is 0.520. The van der Waals surface area contributed by atoms with Gasteiger partial charge in [0.25, 0.3) is 11.8 Å². The third-order valence-corrected chi connectivity index (χ3v) is 7.47. The normalized spacial score (nSPS) is 17.4. The molecule has 1 aromatic heterocycles. The van der Waals surface area contributed by atoms with Crippen molar-refractivity contribution >= 4 is 23.2 Å². The number of benzene rings is 1. The molecule has 0 atom stereocenters. The smallest absolute Gasteiger partial charge is 0.350 e. The van der Waals surface area contributed by atoms with Crippen LogP contribution in [0, 0.1) is 0 Å². The highest BCUT2D eigenvalue weighted by atomic mass is 32.1. The Kier molecular flexibility index (Phi) is 7.70. The Morgan fingerprint density at radius 3 is 2.62 bits per heavy atom. The number of nitrogens with zero attached hydrogens (tertiary/aromatic N) is 2. The van der Waals surface area contributed by atoms with E-state index in [2.05, 4.69) is 16.4 Å². The number of thiazole rings is 1. The summed E-state index contributed by atoms with van der Waals surface area (Å²) in [5, 5.41) is 5.53. The van der Waals surface area contributed by atoms with Gasteiger partial charge >= 0.3 is 6.18 Å². The van der Waals surface area contributed by atoms with Crippen LogP contribution in [-0.2, 0) is 6.18 Å². The average molecular weight is 492 g/mol. The van der Waals surface area contributed by atoms with Gasteiger partial charge in [-0.05, 0) is 57.1 Å². The van der Waals surface area contributed by atoms with Gasteiger partial charge < -0.3 is 10.2 Å². The third-order valence-electron chi connectivity index (χ3n) is 6.47. The predicted octanol–water partition coefficient (Wildman–Crippen LogP) is 5.80. The van der Waals surface area contributed by atoms with Crippen molar-refractivity contribution in [3.05, 3.63) is 63.1 Å². The van der Waals surface area contributed by atoms with E-state index in [1.165, 1.54) is 52.9 Å². The summed E-state index contributed by atoms with van der Waals surface area (Å²) in [6.45, 7) is 1.30. The first kappa shape index (κ1) is 24.4. The number of carbonyl (C=O) groups is 2. The van der Waals surface area contributed by atoms with Crippen molar-refractivity contribution in [2.75, 3.05) is 19.6 Å². The highest BCUT2D eigenvalue weighted by Crippen LogP contribution is 2.34. The van der Waals surface area contributed by atoms with Crippen LogP contribution in [0.4, 0.5) is 13.2 Å². The first-order valence-electron chi connectivity index (χ1n) is 11.7. The van der Waals surface area contributed by atoms with Crippen molar-refractivity contribution in [2.24, 2.45) is 0 Å². The van der Waals surface area contributed by atoms with Crippen LogP contribution in [0.3, 0.4) is 0 Å². The molecule has 1 aliphatic carbocycles. The number of halogens is 3. The minimum Gasteiger partial charge on any atom is -0.350 e. The Morgan fingerprint density at radius 2 is 1.91 bits per heavy atom. The Balaban J connectivity index is 1.30. The number of rotatable bonds is 6. The maximum atomic E-state index is 13.3. The van der Waals surface area contributed by atoms with Crippen LogP contribution < -0.4 is 5.32 Å². The van der Waals surface area contributed by atoms with Crippen molar-refractivity contribution in [3.63, 3.8) is 0 Å². The van der Waals surface area contributed by atoms with Gasteiger partial charge in [-0.2, -0.15) is 13.2 Å². The van der Waals surface area contributed by atoms with E-state index in [0.29, 0.717) is 38.2 Å². The molecule has 0 saturated carbocycles. The van der Waals surface area contributed by atoms with Crippen LogP contribution >= 0.6 is 11.3 Å². The number of aromatic nitrogens is 1. The fourth-order valence-electron chi connectivity index (χ4n) is 4.55. The van der Waals surface area contributed by atoms with Crippen LogP contribution in [-0.4, -0.2) is 41.3 Å². The molecule has 182 valence electrons. The summed E-state index contributed by atoms with van der Waals surface area (Å²) >= 11 is 1.42. The molecule has 2 aliphatic rings. The molecule has 0 bridgehead atoms. The Morgan fingerprint density at radius 1 is 1.15 bits per heavy atom. The third kappa shape index (κ3) is 5.87. The van der Waals surface area contributed by atoms with Crippen molar-refractivity contribution in [3.8, 4) is 0 Å².